The summed E-state index contributed by atoms with van der Waals surface area (Å²) < 4.78 is 2.37. The largest absolute Gasteiger partial charge is 0.311 e. The van der Waals surface area contributed by atoms with E-state index in [4.69, 9.17) is 0 Å². The van der Waals surface area contributed by atoms with Gasteiger partial charge in [-0.25, -0.2) is 0 Å². The molecule has 274 valence electrons. The van der Waals surface area contributed by atoms with Crippen LogP contribution < -0.4 is 4.90 Å². The molecular formula is C55H44N2. The average molecular weight is 733 g/mol. The molecule has 0 saturated carbocycles. The summed E-state index contributed by atoms with van der Waals surface area (Å²) in [6.45, 7) is 2.16. The van der Waals surface area contributed by atoms with Crippen LogP contribution >= 0.6 is 0 Å². The molecule has 9 rings (SSSR count). The summed E-state index contributed by atoms with van der Waals surface area (Å²) in [6, 6.07) is 72.5. The van der Waals surface area contributed by atoms with Crippen molar-refractivity contribution in [3.63, 3.8) is 0 Å². The highest BCUT2D eigenvalue weighted by Crippen LogP contribution is 2.38. The third-order valence-corrected chi connectivity index (χ3v) is 10.8. The average Bonchev–Trinajstić information content (AvgIpc) is 3.62. The number of anilines is 3. The van der Waals surface area contributed by atoms with Gasteiger partial charge in [-0.2, -0.15) is 0 Å². The number of allylic oxidation sites excluding steroid dienone is 4. The summed E-state index contributed by atoms with van der Waals surface area (Å²) in [4.78, 5) is 2.34. The molecule has 0 radical (unpaired) electrons. The van der Waals surface area contributed by atoms with Gasteiger partial charge in [0.15, 0.2) is 0 Å². The van der Waals surface area contributed by atoms with Crippen molar-refractivity contribution in [1.29, 1.82) is 0 Å². The van der Waals surface area contributed by atoms with Crippen LogP contribution in [0.2, 0.25) is 0 Å². The van der Waals surface area contributed by atoms with E-state index in [2.05, 4.69) is 241 Å². The second kappa shape index (κ2) is 16.3. The lowest BCUT2D eigenvalue weighted by Crippen LogP contribution is -2.10. The van der Waals surface area contributed by atoms with Crippen molar-refractivity contribution in [2.45, 2.75) is 19.8 Å². The van der Waals surface area contributed by atoms with Gasteiger partial charge in [0.05, 0.1) is 11.0 Å². The minimum absolute atomic E-state index is 0.902. The van der Waals surface area contributed by atoms with Gasteiger partial charge in [0, 0.05) is 33.5 Å². The fraction of sp³-hybridized carbons (Fsp3) is 0.0545. The maximum atomic E-state index is 2.37. The van der Waals surface area contributed by atoms with Gasteiger partial charge in [0.2, 0.25) is 0 Å². The van der Waals surface area contributed by atoms with Crippen molar-refractivity contribution in [3.05, 3.63) is 230 Å². The van der Waals surface area contributed by atoms with Crippen molar-refractivity contribution in [3.8, 4) is 39.1 Å². The Hall–Kier alpha value is -7.16. The fourth-order valence-corrected chi connectivity index (χ4v) is 7.84. The van der Waals surface area contributed by atoms with Crippen LogP contribution in [-0.4, -0.2) is 4.57 Å². The van der Waals surface area contributed by atoms with Crippen LogP contribution in [0.5, 0.6) is 0 Å². The van der Waals surface area contributed by atoms with E-state index >= 15 is 0 Å². The lowest BCUT2D eigenvalue weighted by Gasteiger charge is -2.26. The minimum atomic E-state index is 0.902. The summed E-state index contributed by atoms with van der Waals surface area (Å²) in [6.07, 6.45) is 10.6. The molecule has 0 unspecified atom stereocenters. The highest BCUT2D eigenvalue weighted by atomic mass is 15.1. The lowest BCUT2D eigenvalue weighted by atomic mass is 9.98. The Morgan fingerprint density at radius 2 is 0.842 bits per heavy atom. The zero-order valence-electron chi connectivity index (χ0n) is 32.2. The van der Waals surface area contributed by atoms with Crippen LogP contribution in [0.3, 0.4) is 0 Å². The molecule has 1 heterocycles. The summed E-state index contributed by atoms with van der Waals surface area (Å²) in [5.74, 6) is 0. The molecule has 2 heteroatoms. The third-order valence-electron chi connectivity index (χ3n) is 10.8. The number of aromatic nitrogens is 1. The molecule has 0 saturated heterocycles. The van der Waals surface area contributed by atoms with Gasteiger partial charge < -0.3 is 9.47 Å². The molecule has 8 aromatic carbocycles. The highest BCUT2D eigenvalue weighted by Gasteiger charge is 2.15. The smallest absolute Gasteiger partial charge is 0.0541 e. The standard InChI is InChI=1S/C55H44N2/c1-2-3-4-5-7-15-41-24-32-48(33-25-41)56(49-34-26-43(27-35-49)42-16-8-6-9-17-42)50-36-28-44(29-37-50)46-18-14-19-47(40-46)45-30-38-51(39-31-45)57-54-22-12-10-20-52(54)53-21-11-13-23-55(53)57/h3-14,16-40H,2,15H2,1H3/b4-3-,7-5-. The van der Waals surface area contributed by atoms with Gasteiger partial charge in [0.1, 0.15) is 0 Å². The molecule has 0 N–H and O–H groups in total. The molecule has 0 atom stereocenters. The third kappa shape index (κ3) is 7.46. The van der Waals surface area contributed by atoms with E-state index in [-0.39, 0.29) is 0 Å². The van der Waals surface area contributed by atoms with Crippen molar-refractivity contribution in [2.75, 3.05) is 4.90 Å². The van der Waals surface area contributed by atoms with E-state index in [0.29, 0.717) is 0 Å². The minimum Gasteiger partial charge on any atom is -0.311 e. The van der Waals surface area contributed by atoms with Gasteiger partial charge in [-0.1, -0.05) is 165 Å². The Morgan fingerprint density at radius 3 is 1.40 bits per heavy atom. The molecule has 0 bridgehead atoms. The summed E-state index contributed by atoms with van der Waals surface area (Å²) in [7, 11) is 0. The van der Waals surface area contributed by atoms with Crippen LogP contribution in [0.4, 0.5) is 17.1 Å². The predicted molar refractivity (Wildman–Crippen MR) is 244 cm³/mol. The first-order valence-electron chi connectivity index (χ1n) is 19.9. The van der Waals surface area contributed by atoms with Gasteiger partial charge in [-0.05, 0) is 119 Å². The number of hydrogen-bond donors (Lipinski definition) is 0. The summed E-state index contributed by atoms with van der Waals surface area (Å²) >= 11 is 0. The first-order chi connectivity index (χ1) is 28.2. The number of fused-ring (bicyclic) bond motifs is 3. The molecule has 2 nitrogen and oxygen atoms in total. The van der Waals surface area contributed by atoms with Gasteiger partial charge in [-0.3, -0.25) is 0 Å². The first-order valence-corrected chi connectivity index (χ1v) is 19.9. The van der Waals surface area contributed by atoms with Gasteiger partial charge in [0.25, 0.3) is 0 Å². The monoisotopic (exact) mass is 732 g/mol. The molecule has 0 aliphatic heterocycles. The molecule has 0 spiro atoms. The Bertz CT molecular complexity index is 2750. The Labute approximate surface area is 335 Å². The van der Waals surface area contributed by atoms with Crippen molar-refractivity contribution in [2.24, 2.45) is 0 Å². The molecule has 0 fully saturated rings. The van der Waals surface area contributed by atoms with E-state index in [1.165, 1.54) is 60.8 Å². The Balaban J connectivity index is 0.999. The highest BCUT2D eigenvalue weighted by molar-refractivity contribution is 6.09. The zero-order chi connectivity index (χ0) is 38.4. The molecule has 0 amide bonds. The number of nitrogens with zero attached hydrogens (tertiary/aromatic N) is 2. The second-order valence-electron chi connectivity index (χ2n) is 14.4. The maximum Gasteiger partial charge on any atom is 0.0541 e. The van der Waals surface area contributed by atoms with Crippen LogP contribution in [-0.2, 0) is 6.42 Å². The zero-order valence-corrected chi connectivity index (χ0v) is 32.2. The number of benzene rings is 8. The first kappa shape index (κ1) is 35.5. The second-order valence-corrected chi connectivity index (χ2v) is 14.4. The Kier molecular flexibility index (Phi) is 10.2. The predicted octanol–water partition coefficient (Wildman–Crippen LogP) is 15.3. The number of para-hydroxylation sites is 2. The molecule has 1 aromatic heterocycles. The quantitative estimate of drug-likeness (QED) is 0.120. The number of rotatable bonds is 11. The Morgan fingerprint density at radius 1 is 0.404 bits per heavy atom. The van der Waals surface area contributed by atoms with E-state index in [0.717, 1.165) is 35.6 Å². The van der Waals surface area contributed by atoms with Crippen molar-refractivity contribution >= 4 is 38.9 Å². The van der Waals surface area contributed by atoms with E-state index in [1.54, 1.807) is 0 Å². The van der Waals surface area contributed by atoms with E-state index < -0.39 is 0 Å². The van der Waals surface area contributed by atoms with Crippen molar-refractivity contribution in [1.82, 2.24) is 4.57 Å². The summed E-state index contributed by atoms with van der Waals surface area (Å²) in [5, 5.41) is 2.55. The lowest BCUT2D eigenvalue weighted by molar-refractivity contribution is 1.18. The van der Waals surface area contributed by atoms with Gasteiger partial charge in [-0.15, -0.1) is 0 Å². The molecule has 0 aliphatic carbocycles. The number of hydrogen-bond acceptors (Lipinski definition) is 1. The van der Waals surface area contributed by atoms with Gasteiger partial charge >= 0.3 is 0 Å². The fourth-order valence-electron chi connectivity index (χ4n) is 7.84. The van der Waals surface area contributed by atoms with Crippen LogP contribution in [0.25, 0.3) is 60.9 Å². The molecule has 9 aromatic rings. The molecule has 57 heavy (non-hydrogen) atoms. The summed E-state index contributed by atoms with van der Waals surface area (Å²) in [5.41, 5.74) is 15.4. The van der Waals surface area contributed by atoms with Crippen LogP contribution in [0.1, 0.15) is 18.9 Å². The van der Waals surface area contributed by atoms with E-state index in [9.17, 15) is 0 Å². The van der Waals surface area contributed by atoms with Crippen LogP contribution in [0.15, 0.2) is 224 Å². The topological polar surface area (TPSA) is 8.17 Å². The molecular weight excluding hydrogens is 689 g/mol. The van der Waals surface area contributed by atoms with Crippen molar-refractivity contribution < 1.29 is 0 Å². The SMILES string of the molecule is CC/C=C\C=C/Cc1ccc(N(c2ccc(-c3ccccc3)cc2)c2ccc(-c3cccc(-c4ccc(-n5c6ccccc6c6ccccc65)cc4)c3)cc2)cc1. The maximum absolute atomic E-state index is 2.37. The molecule has 0 aliphatic rings. The normalized spacial score (nSPS) is 11.6. The van der Waals surface area contributed by atoms with Crippen LogP contribution in [0, 0.1) is 0 Å². The van der Waals surface area contributed by atoms with E-state index in [1.807, 2.05) is 0 Å².